The number of esters is 1. The predicted octanol–water partition coefficient (Wildman–Crippen LogP) is 3.03. The van der Waals surface area contributed by atoms with Crippen molar-refractivity contribution in [1.29, 1.82) is 0 Å². The number of anilines is 1. The molecular weight excluding hydrogens is 402 g/mol. The molecule has 0 radical (unpaired) electrons. The lowest BCUT2D eigenvalue weighted by Gasteiger charge is -2.40. The van der Waals surface area contributed by atoms with Crippen LogP contribution in [0.3, 0.4) is 0 Å². The van der Waals surface area contributed by atoms with E-state index in [2.05, 4.69) is 30.0 Å². The average Bonchev–Trinajstić information content (AvgIpc) is 2.91. The summed E-state index contributed by atoms with van der Waals surface area (Å²) in [5, 5.41) is 0. The fourth-order valence-corrected chi connectivity index (χ4v) is 6.27. The highest BCUT2D eigenvalue weighted by molar-refractivity contribution is 7.89. The van der Waals surface area contributed by atoms with E-state index in [1.165, 1.54) is 9.87 Å². The van der Waals surface area contributed by atoms with Crippen LogP contribution in [0.25, 0.3) is 0 Å². The van der Waals surface area contributed by atoms with Gasteiger partial charge in [-0.1, -0.05) is 12.1 Å². The van der Waals surface area contributed by atoms with E-state index in [0.717, 1.165) is 5.69 Å². The predicted molar refractivity (Wildman–Crippen MR) is 118 cm³/mol. The van der Waals surface area contributed by atoms with Crippen LogP contribution in [-0.2, 0) is 21.8 Å². The first kappa shape index (κ1) is 22.4. The van der Waals surface area contributed by atoms with Gasteiger partial charge in [-0.3, -0.25) is 0 Å². The van der Waals surface area contributed by atoms with E-state index < -0.39 is 16.0 Å². The molecule has 2 heterocycles. The number of aromatic nitrogens is 1. The summed E-state index contributed by atoms with van der Waals surface area (Å²) in [6.45, 7) is 10.9. The zero-order valence-electron chi connectivity index (χ0n) is 18.6. The molecule has 3 rings (SSSR count). The van der Waals surface area contributed by atoms with Crippen LogP contribution in [0.2, 0.25) is 0 Å². The number of benzene rings is 1. The van der Waals surface area contributed by atoms with Gasteiger partial charge in [0.25, 0.3) is 0 Å². The van der Waals surface area contributed by atoms with E-state index in [1.807, 2.05) is 13.0 Å². The summed E-state index contributed by atoms with van der Waals surface area (Å²) < 4.78 is 35.4. The number of sulfonamides is 1. The van der Waals surface area contributed by atoms with Gasteiger partial charge in [0.2, 0.25) is 10.0 Å². The first-order chi connectivity index (χ1) is 14.1. The highest BCUT2D eigenvalue weighted by atomic mass is 32.2. The third kappa shape index (κ3) is 3.86. The summed E-state index contributed by atoms with van der Waals surface area (Å²) in [6.07, 6.45) is 0. The second-order valence-electron chi connectivity index (χ2n) is 7.91. The SMILES string of the molecule is CCOC(=O)c1c(C)c(S(=O)(=O)N2CCN(c3cccc(C)c3)[C@@H](C)C2)c(C)n1C. The topological polar surface area (TPSA) is 71.8 Å². The maximum absolute atomic E-state index is 13.6. The summed E-state index contributed by atoms with van der Waals surface area (Å²) in [6, 6.07) is 8.29. The van der Waals surface area contributed by atoms with Crippen LogP contribution in [0.1, 0.15) is 41.2 Å². The molecule has 1 aromatic heterocycles. The van der Waals surface area contributed by atoms with Gasteiger partial charge in [0, 0.05) is 49.7 Å². The monoisotopic (exact) mass is 433 g/mol. The molecule has 2 aromatic rings. The number of aryl methyl sites for hydroxylation is 1. The number of hydrogen-bond acceptors (Lipinski definition) is 5. The fourth-order valence-electron chi connectivity index (χ4n) is 4.28. The van der Waals surface area contributed by atoms with Crippen molar-refractivity contribution in [1.82, 2.24) is 8.87 Å². The molecule has 8 heteroatoms. The van der Waals surface area contributed by atoms with Gasteiger partial charge >= 0.3 is 5.97 Å². The molecular formula is C22H31N3O4S. The molecule has 0 amide bonds. The molecule has 1 saturated heterocycles. The third-order valence-corrected chi connectivity index (χ3v) is 7.98. The molecule has 0 bridgehead atoms. The number of carbonyl (C=O) groups is 1. The smallest absolute Gasteiger partial charge is 0.355 e. The number of piperazine rings is 1. The number of hydrogen-bond donors (Lipinski definition) is 0. The van der Waals surface area contributed by atoms with Crippen molar-refractivity contribution in [3.05, 3.63) is 46.8 Å². The van der Waals surface area contributed by atoms with Crippen LogP contribution in [0.4, 0.5) is 5.69 Å². The normalized spacial score (nSPS) is 17.9. The van der Waals surface area contributed by atoms with Crippen LogP contribution in [0.5, 0.6) is 0 Å². The lowest BCUT2D eigenvalue weighted by atomic mass is 10.1. The summed E-state index contributed by atoms with van der Waals surface area (Å²) in [7, 11) is -2.04. The summed E-state index contributed by atoms with van der Waals surface area (Å²) in [5.74, 6) is -0.500. The second-order valence-corrected chi connectivity index (χ2v) is 9.79. The van der Waals surface area contributed by atoms with E-state index in [4.69, 9.17) is 4.74 Å². The molecule has 0 aliphatic carbocycles. The highest BCUT2D eigenvalue weighted by Crippen LogP contribution is 2.31. The molecule has 7 nitrogen and oxygen atoms in total. The zero-order chi connectivity index (χ0) is 22.2. The zero-order valence-corrected chi connectivity index (χ0v) is 19.4. The lowest BCUT2D eigenvalue weighted by Crippen LogP contribution is -2.53. The van der Waals surface area contributed by atoms with Crippen LogP contribution in [-0.4, -0.2) is 55.5 Å². The first-order valence-electron chi connectivity index (χ1n) is 10.3. The molecule has 0 unspecified atom stereocenters. The maximum atomic E-state index is 13.6. The molecule has 30 heavy (non-hydrogen) atoms. The third-order valence-electron chi connectivity index (χ3n) is 5.85. The number of ether oxygens (including phenoxy) is 1. The average molecular weight is 434 g/mol. The molecule has 0 N–H and O–H groups in total. The first-order valence-corrected chi connectivity index (χ1v) is 11.7. The Labute approximate surface area is 179 Å². The molecule has 1 aromatic carbocycles. The van der Waals surface area contributed by atoms with Crippen LogP contribution >= 0.6 is 0 Å². The minimum absolute atomic E-state index is 0.0316. The Balaban J connectivity index is 1.90. The number of rotatable bonds is 5. The largest absolute Gasteiger partial charge is 0.461 e. The Morgan fingerprint density at radius 3 is 2.50 bits per heavy atom. The van der Waals surface area contributed by atoms with Crippen molar-refractivity contribution in [3.63, 3.8) is 0 Å². The van der Waals surface area contributed by atoms with Crippen molar-refractivity contribution < 1.29 is 17.9 Å². The van der Waals surface area contributed by atoms with Crippen molar-refractivity contribution in [2.24, 2.45) is 7.05 Å². The standard InChI is InChI=1S/C22H31N3O4S/c1-7-29-22(26)20-17(4)21(18(5)23(20)6)30(27,28)24-11-12-25(16(3)14-24)19-10-8-9-15(2)13-19/h8-10,13,16H,7,11-12,14H2,1-6H3/t16-/m0/s1. The van der Waals surface area contributed by atoms with Gasteiger partial charge in [0.15, 0.2) is 0 Å². The minimum atomic E-state index is -3.74. The number of carbonyl (C=O) groups excluding carboxylic acids is 1. The lowest BCUT2D eigenvalue weighted by molar-refractivity contribution is 0.0514. The van der Waals surface area contributed by atoms with Gasteiger partial charge in [0.05, 0.1) is 6.61 Å². The van der Waals surface area contributed by atoms with Crippen LogP contribution in [0.15, 0.2) is 29.2 Å². The van der Waals surface area contributed by atoms with E-state index in [0.29, 0.717) is 36.6 Å². The summed E-state index contributed by atoms with van der Waals surface area (Å²) >= 11 is 0. The van der Waals surface area contributed by atoms with Gasteiger partial charge in [0.1, 0.15) is 10.6 Å². The van der Waals surface area contributed by atoms with E-state index >= 15 is 0 Å². The quantitative estimate of drug-likeness (QED) is 0.678. The van der Waals surface area contributed by atoms with Crippen molar-refractivity contribution in [2.75, 3.05) is 31.1 Å². The molecule has 1 fully saturated rings. The molecule has 0 saturated carbocycles. The molecule has 1 aliphatic rings. The fraction of sp³-hybridized carbons (Fsp3) is 0.500. The number of nitrogens with zero attached hydrogens (tertiary/aromatic N) is 3. The highest BCUT2D eigenvalue weighted by Gasteiger charge is 2.37. The molecule has 1 atom stereocenters. The van der Waals surface area contributed by atoms with Crippen molar-refractivity contribution in [2.45, 2.75) is 45.6 Å². The van der Waals surface area contributed by atoms with Crippen LogP contribution in [0, 0.1) is 20.8 Å². The van der Waals surface area contributed by atoms with Crippen LogP contribution < -0.4 is 4.90 Å². The van der Waals surface area contributed by atoms with Gasteiger partial charge in [-0.15, -0.1) is 0 Å². The maximum Gasteiger partial charge on any atom is 0.355 e. The minimum Gasteiger partial charge on any atom is -0.461 e. The van der Waals surface area contributed by atoms with E-state index in [-0.39, 0.29) is 17.5 Å². The van der Waals surface area contributed by atoms with Gasteiger partial charge in [-0.25, -0.2) is 13.2 Å². The van der Waals surface area contributed by atoms with Crippen molar-refractivity contribution >= 4 is 21.7 Å². The second kappa shape index (κ2) is 8.43. The molecule has 1 aliphatic heterocycles. The van der Waals surface area contributed by atoms with Gasteiger partial charge < -0.3 is 14.2 Å². The molecule has 164 valence electrons. The molecule has 0 spiro atoms. The Hall–Kier alpha value is -2.32. The summed E-state index contributed by atoms with van der Waals surface area (Å²) in [5.41, 5.74) is 3.57. The Morgan fingerprint density at radius 1 is 1.20 bits per heavy atom. The Bertz CT molecular complexity index is 1060. The Morgan fingerprint density at radius 2 is 1.90 bits per heavy atom. The Kier molecular flexibility index (Phi) is 6.29. The van der Waals surface area contributed by atoms with Gasteiger partial charge in [-0.05, 0) is 52.3 Å². The van der Waals surface area contributed by atoms with E-state index in [9.17, 15) is 13.2 Å². The van der Waals surface area contributed by atoms with Crippen molar-refractivity contribution in [3.8, 4) is 0 Å². The van der Waals surface area contributed by atoms with E-state index in [1.54, 1.807) is 32.4 Å². The summed E-state index contributed by atoms with van der Waals surface area (Å²) in [4.78, 5) is 14.8. The van der Waals surface area contributed by atoms with Gasteiger partial charge in [-0.2, -0.15) is 4.31 Å².